The fraction of sp³-hybridized carbons (Fsp3) is 0.294. The number of rotatable bonds is 4. The van der Waals surface area contributed by atoms with Crippen LogP contribution in [0.25, 0.3) is 0 Å². The Morgan fingerprint density at radius 2 is 1.80 bits per heavy atom. The quantitative estimate of drug-likeness (QED) is 0.798. The third-order valence-corrected chi connectivity index (χ3v) is 3.93. The van der Waals surface area contributed by atoms with E-state index >= 15 is 0 Å². The second kappa shape index (κ2) is 6.07. The van der Waals surface area contributed by atoms with Crippen molar-refractivity contribution in [1.29, 1.82) is 0 Å². The third kappa shape index (κ3) is 2.84. The van der Waals surface area contributed by atoms with Crippen LogP contribution in [0.5, 0.6) is 5.75 Å². The van der Waals surface area contributed by atoms with Crippen LogP contribution >= 0.6 is 0 Å². The predicted molar refractivity (Wildman–Crippen MR) is 80.5 cm³/mol. The van der Waals surface area contributed by atoms with Gasteiger partial charge in [-0.3, -0.25) is 0 Å². The van der Waals surface area contributed by atoms with E-state index in [2.05, 4.69) is 34.9 Å². The zero-order valence-electron chi connectivity index (χ0n) is 11.4. The van der Waals surface area contributed by atoms with Crippen LogP contribution in [0.15, 0.2) is 54.6 Å². The first-order valence-electron chi connectivity index (χ1n) is 7.13. The molecule has 0 bridgehead atoms. The van der Waals surface area contributed by atoms with Crippen molar-refractivity contribution in [1.82, 2.24) is 10.6 Å². The molecule has 0 radical (unpaired) electrons. The molecular formula is C17H20N2O. The normalized spacial score (nSPS) is 22.0. The Morgan fingerprint density at radius 3 is 2.60 bits per heavy atom. The van der Waals surface area contributed by atoms with Gasteiger partial charge in [0.05, 0.1) is 0 Å². The van der Waals surface area contributed by atoms with Crippen molar-refractivity contribution in [2.24, 2.45) is 0 Å². The molecule has 0 aliphatic carbocycles. The van der Waals surface area contributed by atoms with Gasteiger partial charge in [-0.05, 0) is 24.6 Å². The predicted octanol–water partition coefficient (Wildman–Crippen LogP) is 2.59. The fourth-order valence-electron chi connectivity index (χ4n) is 2.84. The van der Waals surface area contributed by atoms with Crippen LogP contribution in [0.3, 0.4) is 0 Å². The van der Waals surface area contributed by atoms with Crippen LogP contribution in [-0.4, -0.2) is 17.7 Å². The molecule has 3 heteroatoms. The van der Waals surface area contributed by atoms with E-state index in [0.29, 0.717) is 24.4 Å². The molecule has 0 spiro atoms. The summed E-state index contributed by atoms with van der Waals surface area (Å²) >= 11 is 0. The number of para-hydroxylation sites is 1. The van der Waals surface area contributed by atoms with E-state index in [1.807, 2.05) is 24.3 Å². The van der Waals surface area contributed by atoms with Crippen molar-refractivity contribution in [2.45, 2.75) is 25.0 Å². The molecule has 2 atom stereocenters. The number of benzene rings is 2. The van der Waals surface area contributed by atoms with Crippen molar-refractivity contribution in [3.8, 4) is 5.75 Å². The molecule has 3 N–H and O–H groups in total. The number of aromatic hydroxyl groups is 1. The summed E-state index contributed by atoms with van der Waals surface area (Å²) in [6.07, 6.45) is 1.10. The van der Waals surface area contributed by atoms with Gasteiger partial charge in [-0.25, -0.2) is 0 Å². The topological polar surface area (TPSA) is 44.3 Å². The molecule has 3 nitrogen and oxygen atoms in total. The average molecular weight is 268 g/mol. The van der Waals surface area contributed by atoms with E-state index in [9.17, 15) is 5.11 Å². The highest BCUT2D eigenvalue weighted by atomic mass is 16.3. The van der Waals surface area contributed by atoms with Crippen LogP contribution in [-0.2, 0) is 6.54 Å². The van der Waals surface area contributed by atoms with Crippen LogP contribution in [0, 0.1) is 0 Å². The lowest BCUT2D eigenvalue weighted by Gasteiger charge is -2.21. The van der Waals surface area contributed by atoms with Gasteiger partial charge in [-0.1, -0.05) is 48.5 Å². The SMILES string of the molecule is Oc1ccccc1CNC1CCNC1c1ccccc1. The number of hydrogen-bond donors (Lipinski definition) is 3. The summed E-state index contributed by atoms with van der Waals surface area (Å²) in [5, 5.41) is 16.9. The van der Waals surface area contributed by atoms with Crippen molar-refractivity contribution >= 4 is 0 Å². The molecule has 3 rings (SSSR count). The van der Waals surface area contributed by atoms with Gasteiger partial charge in [0.25, 0.3) is 0 Å². The summed E-state index contributed by atoms with van der Waals surface area (Å²) < 4.78 is 0. The van der Waals surface area contributed by atoms with Crippen LogP contribution in [0.4, 0.5) is 0 Å². The number of phenolic OH excluding ortho intramolecular Hbond substituents is 1. The Morgan fingerprint density at radius 1 is 1.05 bits per heavy atom. The molecule has 1 fully saturated rings. The molecule has 104 valence electrons. The summed E-state index contributed by atoms with van der Waals surface area (Å²) in [6, 6.07) is 18.8. The van der Waals surface area contributed by atoms with E-state index in [0.717, 1.165) is 18.5 Å². The van der Waals surface area contributed by atoms with Crippen molar-refractivity contribution in [2.75, 3.05) is 6.54 Å². The van der Waals surface area contributed by atoms with E-state index in [4.69, 9.17) is 0 Å². The number of hydrogen-bond acceptors (Lipinski definition) is 3. The van der Waals surface area contributed by atoms with Crippen LogP contribution in [0.2, 0.25) is 0 Å². The summed E-state index contributed by atoms with van der Waals surface area (Å²) in [7, 11) is 0. The Labute approximate surface area is 119 Å². The maximum Gasteiger partial charge on any atom is 0.120 e. The summed E-state index contributed by atoms with van der Waals surface area (Å²) in [5.41, 5.74) is 2.27. The molecule has 1 aliphatic heterocycles. The summed E-state index contributed by atoms with van der Waals surface area (Å²) in [4.78, 5) is 0. The summed E-state index contributed by atoms with van der Waals surface area (Å²) in [5.74, 6) is 0.363. The second-order valence-electron chi connectivity index (χ2n) is 5.25. The zero-order valence-corrected chi connectivity index (χ0v) is 11.4. The smallest absolute Gasteiger partial charge is 0.120 e. The van der Waals surface area contributed by atoms with Crippen LogP contribution in [0.1, 0.15) is 23.6 Å². The second-order valence-corrected chi connectivity index (χ2v) is 5.25. The maximum absolute atomic E-state index is 9.81. The first kappa shape index (κ1) is 13.2. The van der Waals surface area contributed by atoms with E-state index in [1.165, 1.54) is 5.56 Å². The molecule has 1 saturated heterocycles. The zero-order chi connectivity index (χ0) is 13.8. The Kier molecular flexibility index (Phi) is 4.00. The molecule has 2 unspecified atom stereocenters. The van der Waals surface area contributed by atoms with Crippen LogP contribution < -0.4 is 10.6 Å². The molecule has 1 heterocycles. The summed E-state index contributed by atoms with van der Waals surface area (Å²) in [6.45, 7) is 1.72. The van der Waals surface area contributed by atoms with Gasteiger partial charge in [-0.15, -0.1) is 0 Å². The van der Waals surface area contributed by atoms with Gasteiger partial charge < -0.3 is 15.7 Å². The van der Waals surface area contributed by atoms with Crippen molar-refractivity contribution in [3.05, 3.63) is 65.7 Å². The molecular weight excluding hydrogens is 248 g/mol. The molecule has 0 saturated carbocycles. The fourth-order valence-corrected chi connectivity index (χ4v) is 2.84. The average Bonchev–Trinajstić information content (AvgIpc) is 2.96. The minimum absolute atomic E-state index is 0.349. The monoisotopic (exact) mass is 268 g/mol. The largest absolute Gasteiger partial charge is 0.508 e. The number of nitrogens with one attached hydrogen (secondary N) is 2. The van der Waals surface area contributed by atoms with E-state index in [-0.39, 0.29) is 0 Å². The van der Waals surface area contributed by atoms with Gasteiger partial charge in [0.1, 0.15) is 5.75 Å². The molecule has 1 aliphatic rings. The minimum Gasteiger partial charge on any atom is -0.508 e. The molecule has 0 amide bonds. The van der Waals surface area contributed by atoms with Crippen molar-refractivity contribution in [3.63, 3.8) is 0 Å². The molecule has 0 aromatic heterocycles. The lowest BCUT2D eigenvalue weighted by Crippen LogP contribution is -2.33. The Hall–Kier alpha value is -1.84. The minimum atomic E-state index is 0.349. The van der Waals surface area contributed by atoms with Gasteiger partial charge in [0.2, 0.25) is 0 Å². The van der Waals surface area contributed by atoms with Gasteiger partial charge >= 0.3 is 0 Å². The highest BCUT2D eigenvalue weighted by Crippen LogP contribution is 2.24. The Balaban J connectivity index is 1.67. The lowest BCUT2D eigenvalue weighted by atomic mass is 10.0. The first-order chi connectivity index (χ1) is 9.84. The van der Waals surface area contributed by atoms with Crippen molar-refractivity contribution < 1.29 is 5.11 Å². The third-order valence-electron chi connectivity index (χ3n) is 3.93. The molecule has 2 aromatic carbocycles. The van der Waals surface area contributed by atoms with Gasteiger partial charge in [0.15, 0.2) is 0 Å². The maximum atomic E-state index is 9.81. The lowest BCUT2D eigenvalue weighted by molar-refractivity contribution is 0.439. The van der Waals surface area contributed by atoms with Gasteiger partial charge in [0, 0.05) is 24.2 Å². The standard InChI is InChI=1S/C17H20N2O/c20-16-9-5-4-8-14(16)12-19-15-10-11-18-17(15)13-6-2-1-3-7-13/h1-9,15,17-20H,10-12H2. The molecule has 2 aromatic rings. The van der Waals surface area contributed by atoms with E-state index < -0.39 is 0 Å². The molecule has 20 heavy (non-hydrogen) atoms. The number of phenols is 1. The highest BCUT2D eigenvalue weighted by Gasteiger charge is 2.27. The highest BCUT2D eigenvalue weighted by molar-refractivity contribution is 5.31. The first-order valence-corrected chi connectivity index (χ1v) is 7.13. The van der Waals surface area contributed by atoms with E-state index in [1.54, 1.807) is 6.07 Å². The van der Waals surface area contributed by atoms with Gasteiger partial charge in [-0.2, -0.15) is 0 Å². The Bertz CT molecular complexity index is 556.